The fraction of sp³-hybridized carbons (Fsp3) is 0.435. The summed E-state index contributed by atoms with van der Waals surface area (Å²) in [6.07, 6.45) is 1.84. The van der Waals surface area contributed by atoms with Crippen LogP contribution in [0.2, 0.25) is 0 Å². The highest BCUT2D eigenvalue weighted by atomic mass is 16.7. The van der Waals surface area contributed by atoms with Crippen LogP contribution < -0.4 is 10.8 Å². The molecule has 4 nitrogen and oxygen atoms in total. The number of carbonyl (C=O) groups is 1. The molecule has 1 N–H and O–H groups in total. The van der Waals surface area contributed by atoms with Crippen LogP contribution in [-0.4, -0.2) is 24.2 Å². The third-order valence-electron chi connectivity index (χ3n) is 6.47. The zero-order valence-corrected chi connectivity index (χ0v) is 17.1. The van der Waals surface area contributed by atoms with Gasteiger partial charge in [0.05, 0.1) is 16.6 Å². The largest absolute Gasteiger partial charge is 0.494 e. The molecule has 1 heterocycles. The summed E-state index contributed by atoms with van der Waals surface area (Å²) in [5.41, 5.74) is 2.16. The lowest BCUT2D eigenvalue weighted by Crippen LogP contribution is -2.41. The van der Waals surface area contributed by atoms with Gasteiger partial charge in [0.25, 0.3) is 0 Å². The van der Waals surface area contributed by atoms with E-state index in [9.17, 15) is 4.79 Å². The Morgan fingerprint density at radius 1 is 0.929 bits per heavy atom. The molecule has 0 radical (unpaired) electrons. The Bertz CT molecular complexity index is 841. The Morgan fingerprint density at radius 3 is 2.04 bits per heavy atom. The monoisotopic (exact) mass is 377 g/mol. The van der Waals surface area contributed by atoms with E-state index in [4.69, 9.17) is 9.31 Å². The van der Waals surface area contributed by atoms with Crippen LogP contribution in [0.3, 0.4) is 0 Å². The lowest BCUT2D eigenvalue weighted by molar-refractivity contribution is -0.123. The fourth-order valence-electron chi connectivity index (χ4n) is 3.65. The number of rotatable bonds is 5. The molecule has 1 amide bonds. The summed E-state index contributed by atoms with van der Waals surface area (Å²) in [6, 6.07) is 18.2. The number of carbonyl (C=O) groups excluding carboxylic acids is 1. The van der Waals surface area contributed by atoms with Gasteiger partial charge in [0.2, 0.25) is 5.91 Å². The predicted octanol–water partition coefficient (Wildman–Crippen LogP) is 3.33. The van der Waals surface area contributed by atoms with Crippen LogP contribution in [0, 0.1) is 0 Å². The summed E-state index contributed by atoms with van der Waals surface area (Å²) in [7, 11) is -0.360. The van der Waals surface area contributed by atoms with Crippen molar-refractivity contribution in [2.24, 2.45) is 0 Å². The van der Waals surface area contributed by atoms with Gasteiger partial charge in [-0.25, -0.2) is 0 Å². The fourth-order valence-corrected chi connectivity index (χ4v) is 3.65. The van der Waals surface area contributed by atoms with Gasteiger partial charge in [-0.15, -0.1) is 0 Å². The van der Waals surface area contributed by atoms with E-state index in [0.29, 0.717) is 6.54 Å². The van der Waals surface area contributed by atoms with Crippen molar-refractivity contribution in [3.8, 4) is 0 Å². The molecule has 0 aromatic heterocycles. The second-order valence-electron chi connectivity index (χ2n) is 8.96. The zero-order chi connectivity index (χ0) is 20.0. The van der Waals surface area contributed by atoms with Crippen molar-refractivity contribution in [1.29, 1.82) is 0 Å². The number of hydrogen-bond donors (Lipinski definition) is 1. The van der Waals surface area contributed by atoms with Crippen molar-refractivity contribution in [2.75, 3.05) is 0 Å². The van der Waals surface area contributed by atoms with Gasteiger partial charge >= 0.3 is 7.12 Å². The lowest BCUT2D eigenvalue weighted by atomic mass is 9.79. The highest BCUT2D eigenvalue weighted by Gasteiger charge is 2.52. The van der Waals surface area contributed by atoms with Crippen LogP contribution in [-0.2, 0) is 26.1 Å². The minimum absolute atomic E-state index is 0.119. The molecule has 2 aromatic carbocycles. The summed E-state index contributed by atoms with van der Waals surface area (Å²) < 4.78 is 12.2. The molecular formula is C23H28BNO3. The predicted molar refractivity (Wildman–Crippen MR) is 111 cm³/mol. The number of nitrogens with one attached hydrogen (secondary N) is 1. The van der Waals surface area contributed by atoms with Crippen molar-refractivity contribution in [1.82, 2.24) is 5.32 Å². The van der Waals surface area contributed by atoms with Gasteiger partial charge in [0, 0.05) is 6.54 Å². The highest BCUT2D eigenvalue weighted by Crippen LogP contribution is 2.48. The van der Waals surface area contributed by atoms with Crippen LogP contribution in [0.5, 0.6) is 0 Å². The van der Waals surface area contributed by atoms with Crippen LogP contribution in [0.25, 0.3) is 0 Å². The molecule has 1 saturated carbocycles. The normalized spacial score (nSPS) is 21.4. The Morgan fingerprint density at radius 2 is 1.50 bits per heavy atom. The maximum atomic E-state index is 12.8. The standard InChI is InChI=1S/C23H28BNO3/c1-21(2)22(3,4)28-24(27-21)19-12-10-17(11-13-19)16-25-20(26)23(14-15-23)18-8-6-5-7-9-18/h5-13H,14-16H2,1-4H3,(H,25,26). The Hall–Kier alpha value is -2.11. The summed E-state index contributed by atoms with van der Waals surface area (Å²) in [4.78, 5) is 12.8. The van der Waals surface area contributed by atoms with Crippen molar-refractivity contribution < 1.29 is 14.1 Å². The van der Waals surface area contributed by atoms with E-state index < -0.39 is 0 Å². The van der Waals surface area contributed by atoms with E-state index in [-0.39, 0.29) is 29.6 Å². The van der Waals surface area contributed by atoms with Crippen LogP contribution in [0.4, 0.5) is 0 Å². The molecule has 146 valence electrons. The lowest BCUT2D eigenvalue weighted by Gasteiger charge is -2.32. The van der Waals surface area contributed by atoms with Gasteiger partial charge in [0.1, 0.15) is 0 Å². The quantitative estimate of drug-likeness (QED) is 0.814. The minimum Gasteiger partial charge on any atom is -0.399 e. The van der Waals surface area contributed by atoms with Crippen molar-refractivity contribution in [2.45, 2.75) is 63.7 Å². The molecule has 0 bridgehead atoms. The Labute approximate surface area is 167 Å². The molecule has 2 aliphatic rings. The molecule has 0 spiro atoms. The van der Waals surface area contributed by atoms with Crippen LogP contribution >= 0.6 is 0 Å². The summed E-state index contributed by atoms with van der Waals surface area (Å²) in [5, 5.41) is 3.11. The van der Waals surface area contributed by atoms with Crippen molar-refractivity contribution in [3.05, 3.63) is 65.7 Å². The molecule has 2 fully saturated rings. The van der Waals surface area contributed by atoms with E-state index in [1.165, 1.54) is 0 Å². The van der Waals surface area contributed by atoms with Crippen LogP contribution in [0.1, 0.15) is 51.7 Å². The Kier molecular flexibility index (Phi) is 4.63. The second-order valence-corrected chi connectivity index (χ2v) is 8.96. The van der Waals surface area contributed by atoms with Gasteiger partial charge in [0.15, 0.2) is 0 Å². The number of hydrogen-bond acceptors (Lipinski definition) is 3. The second kappa shape index (κ2) is 6.75. The molecule has 28 heavy (non-hydrogen) atoms. The third-order valence-corrected chi connectivity index (χ3v) is 6.47. The van der Waals surface area contributed by atoms with Crippen LogP contribution in [0.15, 0.2) is 54.6 Å². The SMILES string of the molecule is CC1(C)OB(c2ccc(CNC(=O)C3(c4ccccc4)CC3)cc2)OC1(C)C. The van der Waals surface area contributed by atoms with Gasteiger partial charge in [-0.1, -0.05) is 54.6 Å². The molecular weight excluding hydrogens is 349 g/mol. The number of amides is 1. The van der Waals surface area contributed by atoms with E-state index in [0.717, 1.165) is 29.4 Å². The molecule has 5 heteroatoms. The van der Waals surface area contributed by atoms with E-state index in [1.54, 1.807) is 0 Å². The number of benzene rings is 2. The highest BCUT2D eigenvalue weighted by molar-refractivity contribution is 6.62. The molecule has 1 aliphatic carbocycles. The first-order valence-electron chi connectivity index (χ1n) is 10.0. The first-order valence-corrected chi connectivity index (χ1v) is 10.0. The summed E-state index contributed by atoms with van der Waals surface area (Å²) in [5.74, 6) is 0.119. The maximum Gasteiger partial charge on any atom is 0.494 e. The molecule has 2 aromatic rings. The van der Waals surface area contributed by atoms with E-state index in [1.807, 2.05) is 54.6 Å². The zero-order valence-electron chi connectivity index (χ0n) is 17.1. The minimum atomic E-state index is -0.360. The van der Waals surface area contributed by atoms with E-state index in [2.05, 4.69) is 33.0 Å². The molecule has 1 aliphatic heterocycles. The Balaban J connectivity index is 1.38. The van der Waals surface area contributed by atoms with E-state index >= 15 is 0 Å². The van der Waals surface area contributed by atoms with Crippen molar-refractivity contribution in [3.63, 3.8) is 0 Å². The average molecular weight is 377 g/mol. The molecule has 0 atom stereocenters. The van der Waals surface area contributed by atoms with Gasteiger partial charge < -0.3 is 14.6 Å². The van der Waals surface area contributed by atoms with Gasteiger partial charge in [-0.05, 0) is 57.1 Å². The third kappa shape index (κ3) is 3.38. The first-order chi connectivity index (χ1) is 13.2. The van der Waals surface area contributed by atoms with Crippen molar-refractivity contribution >= 4 is 18.5 Å². The van der Waals surface area contributed by atoms with Gasteiger partial charge in [-0.3, -0.25) is 4.79 Å². The summed E-state index contributed by atoms with van der Waals surface area (Å²) in [6.45, 7) is 8.74. The molecule has 0 unspecified atom stereocenters. The smallest absolute Gasteiger partial charge is 0.399 e. The first kappa shape index (κ1) is 19.2. The molecule has 4 rings (SSSR count). The maximum absolute atomic E-state index is 12.8. The molecule has 1 saturated heterocycles. The average Bonchev–Trinajstić information content (AvgIpc) is 3.44. The van der Waals surface area contributed by atoms with Gasteiger partial charge in [-0.2, -0.15) is 0 Å². The summed E-state index contributed by atoms with van der Waals surface area (Å²) >= 11 is 0. The topological polar surface area (TPSA) is 47.6 Å².